The molecular formula is C18H28BNO3. The van der Waals surface area contributed by atoms with Gasteiger partial charge in [-0.05, 0) is 59.8 Å². The van der Waals surface area contributed by atoms with Gasteiger partial charge in [0.25, 0.3) is 0 Å². The summed E-state index contributed by atoms with van der Waals surface area (Å²) < 4.78 is 6.19. The summed E-state index contributed by atoms with van der Waals surface area (Å²) in [5, 5.41) is 0. The standard InChI is InChI=1S/C18H28BNO3/c1-7-15-16(23-18(5,6)20(15)17(19)22)9-13-11(3)10(2)8-14(13)12(4)21/h13-16H,7-9H2,1-6H3/t13?,14?,15-,16+/m0/s1. The quantitative estimate of drug-likeness (QED) is 0.589. The fraction of sp³-hybridized carbons (Fsp3) is 0.778. The van der Waals surface area contributed by atoms with Crippen LogP contribution in [-0.2, 0) is 9.53 Å². The number of amides is 1. The molecule has 0 bridgehead atoms. The monoisotopic (exact) mass is 317 g/mol. The Morgan fingerprint density at radius 2 is 1.96 bits per heavy atom. The van der Waals surface area contributed by atoms with E-state index in [-0.39, 0.29) is 29.8 Å². The molecule has 5 heteroatoms. The summed E-state index contributed by atoms with van der Waals surface area (Å²) in [6.07, 6.45) is 2.31. The van der Waals surface area contributed by atoms with Crippen LogP contribution in [0.3, 0.4) is 0 Å². The van der Waals surface area contributed by atoms with Gasteiger partial charge in [0.2, 0.25) is 7.85 Å². The molecule has 1 fully saturated rings. The molecule has 1 amide bonds. The van der Waals surface area contributed by atoms with Gasteiger partial charge < -0.3 is 9.64 Å². The van der Waals surface area contributed by atoms with E-state index in [1.54, 1.807) is 11.8 Å². The number of rotatable bonds is 4. The number of ether oxygens (including phenoxy) is 1. The molecular weight excluding hydrogens is 289 g/mol. The van der Waals surface area contributed by atoms with Crippen LogP contribution >= 0.6 is 0 Å². The van der Waals surface area contributed by atoms with Crippen LogP contribution in [0.1, 0.15) is 60.8 Å². The SMILES string of the molecule is [B]C(=O)N1[C@@H](CC)[C@@H](CC2C(C)=C(C)CC2C(C)=O)OC1(C)C. The Hall–Kier alpha value is -1.10. The van der Waals surface area contributed by atoms with Crippen molar-refractivity contribution in [2.45, 2.75) is 78.7 Å². The van der Waals surface area contributed by atoms with Crippen molar-refractivity contribution in [3.63, 3.8) is 0 Å². The number of ketones is 1. The van der Waals surface area contributed by atoms with Crippen LogP contribution in [0.2, 0.25) is 0 Å². The van der Waals surface area contributed by atoms with Crippen molar-refractivity contribution >= 4 is 19.4 Å². The third-order valence-electron chi connectivity index (χ3n) is 5.69. The average molecular weight is 317 g/mol. The van der Waals surface area contributed by atoms with Crippen molar-refractivity contribution in [3.8, 4) is 0 Å². The molecule has 1 aliphatic heterocycles. The van der Waals surface area contributed by atoms with E-state index in [9.17, 15) is 9.59 Å². The van der Waals surface area contributed by atoms with Crippen molar-refractivity contribution in [3.05, 3.63) is 11.1 Å². The van der Waals surface area contributed by atoms with Crippen molar-refractivity contribution in [1.82, 2.24) is 4.90 Å². The molecule has 0 aromatic heterocycles. The van der Waals surface area contributed by atoms with Gasteiger partial charge in [-0.3, -0.25) is 9.59 Å². The maximum atomic E-state index is 12.0. The third-order valence-corrected chi connectivity index (χ3v) is 5.69. The lowest BCUT2D eigenvalue weighted by Crippen LogP contribution is -2.47. The van der Waals surface area contributed by atoms with Gasteiger partial charge in [0.1, 0.15) is 11.5 Å². The lowest BCUT2D eigenvalue weighted by molar-refractivity contribution is -0.122. The highest BCUT2D eigenvalue weighted by molar-refractivity contribution is 6.57. The minimum Gasteiger partial charge on any atom is -0.351 e. The zero-order chi connectivity index (χ0) is 17.5. The van der Waals surface area contributed by atoms with Crippen molar-refractivity contribution in [1.29, 1.82) is 0 Å². The maximum Gasteiger partial charge on any atom is 0.200 e. The lowest BCUT2D eigenvalue weighted by Gasteiger charge is -2.33. The predicted molar refractivity (Wildman–Crippen MR) is 91.3 cm³/mol. The van der Waals surface area contributed by atoms with E-state index >= 15 is 0 Å². The Morgan fingerprint density at radius 3 is 2.43 bits per heavy atom. The van der Waals surface area contributed by atoms with Crippen LogP contribution in [0, 0.1) is 11.8 Å². The zero-order valence-corrected chi connectivity index (χ0v) is 15.2. The molecule has 4 nitrogen and oxygen atoms in total. The Bertz CT molecular complexity index is 540. The minimum absolute atomic E-state index is 0.0381. The number of carbonyl (C=O) groups is 2. The van der Waals surface area contributed by atoms with Crippen LogP contribution < -0.4 is 0 Å². The van der Waals surface area contributed by atoms with E-state index in [0.717, 1.165) is 19.3 Å². The summed E-state index contributed by atoms with van der Waals surface area (Å²) in [6, 6.07) is -0.0381. The molecule has 0 spiro atoms. The molecule has 2 unspecified atom stereocenters. The predicted octanol–water partition coefficient (Wildman–Crippen LogP) is 3.44. The molecule has 2 aliphatic rings. The maximum absolute atomic E-state index is 12.0. The van der Waals surface area contributed by atoms with E-state index < -0.39 is 11.5 Å². The molecule has 23 heavy (non-hydrogen) atoms. The summed E-state index contributed by atoms with van der Waals surface area (Å²) in [6.45, 7) is 11.7. The number of hydrogen-bond acceptors (Lipinski definition) is 3. The first-order chi connectivity index (χ1) is 10.6. The Balaban J connectivity index is 2.25. The fourth-order valence-electron chi connectivity index (χ4n) is 4.42. The molecule has 4 atom stereocenters. The molecule has 126 valence electrons. The van der Waals surface area contributed by atoms with Gasteiger partial charge in [-0.2, -0.15) is 0 Å². The number of hydrogen-bond donors (Lipinski definition) is 0. The Morgan fingerprint density at radius 1 is 1.35 bits per heavy atom. The molecule has 0 saturated carbocycles. The van der Waals surface area contributed by atoms with Gasteiger partial charge in [-0.1, -0.05) is 18.1 Å². The highest BCUT2D eigenvalue weighted by Crippen LogP contribution is 2.44. The van der Waals surface area contributed by atoms with Gasteiger partial charge in [0, 0.05) is 5.92 Å². The number of Topliss-reactive ketones (excluding diaryl/α,β-unsaturated/α-hetero) is 1. The van der Waals surface area contributed by atoms with Crippen LogP contribution in [0.25, 0.3) is 0 Å². The molecule has 0 N–H and O–H groups in total. The minimum atomic E-state index is -0.700. The van der Waals surface area contributed by atoms with E-state index in [4.69, 9.17) is 12.6 Å². The van der Waals surface area contributed by atoms with Crippen LogP contribution in [0.5, 0.6) is 0 Å². The van der Waals surface area contributed by atoms with Gasteiger partial charge in [0.05, 0.1) is 12.1 Å². The molecule has 0 aromatic rings. The molecule has 2 radical (unpaired) electrons. The summed E-state index contributed by atoms with van der Waals surface area (Å²) in [7, 11) is 5.58. The number of carbonyl (C=O) groups excluding carboxylic acids is 2. The van der Waals surface area contributed by atoms with Crippen molar-refractivity contribution in [2.24, 2.45) is 11.8 Å². The van der Waals surface area contributed by atoms with Crippen LogP contribution in [0.15, 0.2) is 11.1 Å². The highest BCUT2D eigenvalue weighted by Gasteiger charge is 2.49. The first-order valence-corrected chi connectivity index (χ1v) is 8.53. The molecule has 0 aromatic carbocycles. The van der Waals surface area contributed by atoms with E-state index in [1.807, 2.05) is 20.8 Å². The van der Waals surface area contributed by atoms with E-state index in [0.29, 0.717) is 0 Å². The summed E-state index contributed by atoms with van der Waals surface area (Å²) in [5.41, 5.74) is 1.92. The second-order valence-electron chi connectivity index (χ2n) is 7.51. The largest absolute Gasteiger partial charge is 0.351 e. The zero-order valence-electron chi connectivity index (χ0n) is 15.2. The fourth-order valence-corrected chi connectivity index (χ4v) is 4.42. The third kappa shape index (κ3) is 3.26. The van der Waals surface area contributed by atoms with Gasteiger partial charge in [-0.25, -0.2) is 0 Å². The van der Waals surface area contributed by atoms with Crippen LogP contribution in [0.4, 0.5) is 4.79 Å². The highest BCUT2D eigenvalue weighted by atomic mass is 16.5. The Kier molecular flexibility index (Phi) is 5.10. The molecule has 1 heterocycles. The van der Waals surface area contributed by atoms with Gasteiger partial charge in [-0.15, -0.1) is 0 Å². The van der Waals surface area contributed by atoms with Crippen molar-refractivity contribution < 1.29 is 14.3 Å². The second kappa shape index (κ2) is 6.42. The van der Waals surface area contributed by atoms with Gasteiger partial charge >= 0.3 is 0 Å². The van der Waals surface area contributed by atoms with Gasteiger partial charge in [0.15, 0.2) is 5.81 Å². The molecule has 1 aliphatic carbocycles. The van der Waals surface area contributed by atoms with E-state index in [1.165, 1.54) is 11.1 Å². The van der Waals surface area contributed by atoms with Crippen LogP contribution in [-0.4, -0.2) is 42.2 Å². The topological polar surface area (TPSA) is 46.6 Å². The summed E-state index contributed by atoms with van der Waals surface area (Å²) in [5.74, 6) is 0.0441. The van der Waals surface area contributed by atoms with E-state index in [2.05, 4.69) is 13.8 Å². The summed E-state index contributed by atoms with van der Waals surface area (Å²) in [4.78, 5) is 25.5. The molecule has 1 saturated heterocycles. The normalized spacial score (nSPS) is 33.4. The number of nitrogens with zero attached hydrogens (tertiary/aromatic N) is 1. The second-order valence-corrected chi connectivity index (χ2v) is 7.51. The first-order valence-electron chi connectivity index (χ1n) is 8.53. The molecule has 2 rings (SSSR count). The first kappa shape index (κ1) is 18.2. The van der Waals surface area contributed by atoms with Crippen molar-refractivity contribution in [2.75, 3.05) is 0 Å². The lowest BCUT2D eigenvalue weighted by atomic mass is 9.82. The smallest absolute Gasteiger partial charge is 0.200 e. The average Bonchev–Trinajstić information content (AvgIpc) is 2.86. The number of allylic oxidation sites excluding steroid dienone is 2. The Labute approximate surface area is 141 Å². The summed E-state index contributed by atoms with van der Waals surface area (Å²) >= 11 is 0.